The number of imidazole rings is 1. The molecule has 0 unspecified atom stereocenters. The lowest BCUT2D eigenvalue weighted by Crippen LogP contribution is -2.50. The van der Waals surface area contributed by atoms with Crippen LogP contribution in [-0.4, -0.2) is 62.5 Å². The molecule has 3 heterocycles. The summed E-state index contributed by atoms with van der Waals surface area (Å²) in [5.74, 6) is 0.942. The highest BCUT2D eigenvalue weighted by Gasteiger charge is 2.35. The van der Waals surface area contributed by atoms with Crippen LogP contribution < -0.4 is 5.32 Å². The van der Waals surface area contributed by atoms with Gasteiger partial charge in [0.05, 0.1) is 31.4 Å². The molecule has 3 rings (SSSR count). The Bertz CT molecular complexity index is 710. The van der Waals surface area contributed by atoms with E-state index in [0.29, 0.717) is 19.6 Å². The smallest absolute Gasteiger partial charge is 0.224 e. The largest absolute Gasteiger partial charge is 0.373 e. The minimum Gasteiger partial charge on any atom is -0.373 e. The summed E-state index contributed by atoms with van der Waals surface area (Å²) in [4.78, 5) is 19.1. The van der Waals surface area contributed by atoms with Crippen LogP contribution in [0.1, 0.15) is 24.4 Å². The van der Waals surface area contributed by atoms with Crippen LogP contribution in [0.3, 0.4) is 0 Å². The summed E-state index contributed by atoms with van der Waals surface area (Å²) in [5.41, 5.74) is 0.903. The number of carbonyl (C=O) groups excluding carboxylic acids is 1. The van der Waals surface area contributed by atoms with Crippen LogP contribution in [0, 0.1) is 0 Å². The Labute approximate surface area is 147 Å². The first kappa shape index (κ1) is 17.6. The van der Waals surface area contributed by atoms with Crippen LogP contribution in [0.15, 0.2) is 24.8 Å². The Morgan fingerprint density at radius 1 is 1.44 bits per heavy atom. The number of hydrogen-bond acceptors (Lipinski definition) is 5. The molecule has 0 saturated carbocycles. The molecule has 0 aliphatic carbocycles. The van der Waals surface area contributed by atoms with Gasteiger partial charge in [0.2, 0.25) is 5.91 Å². The van der Waals surface area contributed by atoms with Crippen LogP contribution in [0.25, 0.3) is 0 Å². The van der Waals surface area contributed by atoms with Crippen molar-refractivity contribution in [2.75, 3.05) is 26.2 Å². The van der Waals surface area contributed by atoms with Crippen molar-refractivity contribution in [1.82, 2.24) is 29.5 Å². The van der Waals surface area contributed by atoms with Gasteiger partial charge < -0.3 is 14.6 Å². The van der Waals surface area contributed by atoms with Crippen molar-refractivity contribution >= 4 is 5.91 Å². The monoisotopic (exact) mass is 346 g/mol. The Morgan fingerprint density at radius 3 is 2.92 bits per heavy atom. The lowest BCUT2D eigenvalue weighted by atomic mass is 10.1. The summed E-state index contributed by atoms with van der Waals surface area (Å²) >= 11 is 0. The molecule has 1 saturated heterocycles. The number of ether oxygens (including phenoxy) is 1. The fourth-order valence-electron chi connectivity index (χ4n) is 3.33. The second kappa shape index (κ2) is 7.79. The van der Waals surface area contributed by atoms with E-state index in [1.165, 1.54) is 0 Å². The van der Waals surface area contributed by atoms with Gasteiger partial charge >= 0.3 is 0 Å². The molecule has 1 aliphatic heterocycles. The van der Waals surface area contributed by atoms with Gasteiger partial charge in [0.1, 0.15) is 5.82 Å². The zero-order valence-electron chi connectivity index (χ0n) is 15.1. The van der Waals surface area contributed by atoms with Crippen LogP contribution in [0.2, 0.25) is 0 Å². The topological polar surface area (TPSA) is 77.2 Å². The van der Waals surface area contributed by atoms with Crippen LogP contribution in [-0.2, 0) is 30.0 Å². The number of amides is 1. The fourth-order valence-corrected chi connectivity index (χ4v) is 3.33. The maximum atomic E-state index is 12.2. The van der Waals surface area contributed by atoms with E-state index < -0.39 is 0 Å². The number of nitrogens with one attached hydrogen (secondary N) is 1. The molecule has 2 aromatic heterocycles. The van der Waals surface area contributed by atoms with E-state index in [1.54, 1.807) is 17.1 Å². The number of morpholine rings is 1. The molecular formula is C17H26N6O2. The second-order valence-corrected chi connectivity index (χ2v) is 6.38. The Balaban J connectivity index is 1.64. The predicted molar refractivity (Wildman–Crippen MR) is 92.9 cm³/mol. The number of aryl methyl sites for hydroxylation is 2. The van der Waals surface area contributed by atoms with Crippen LogP contribution in [0.4, 0.5) is 0 Å². The van der Waals surface area contributed by atoms with Gasteiger partial charge in [-0.1, -0.05) is 6.92 Å². The van der Waals surface area contributed by atoms with Gasteiger partial charge in [-0.15, -0.1) is 0 Å². The summed E-state index contributed by atoms with van der Waals surface area (Å²) in [7, 11) is 3.83. The van der Waals surface area contributed by atoms with Gasteiger partial charge in [0.15, 0.2) is 0 Å². The van der Waals surface area contributed by atoms with E-state index >= 15 is 0 Å². The molecule has 0 bridgehead atoms. The van der Waals surface area contributed by atoms with Gasteiger partial charge in [-0.2, -0.15) is 5.10 Å². The van der Waals surface area contributed by atoms with E-state index in [4.69, 9.17) is 4.74 Å². The van der Waals surface area contributed by atoms with Crippen molar-refractivity contribution in [3.05, 3.63) is 36.2 Å². The molecule has 1 aliphatic rings. The normalized spacial score (nSPS) is 21.4. The highest BCUT2D eigenvalue weighted by atomic mass is 16.5. The molecule has 2 atom stereocenters. The third-order valence-electron chi connectivity index (χ3n) is 4.61. The van der Waals surface area contributed by atoms with Gasteiger partial charge in [-0.25, -0.2) is 4.98 Å². The number of aromatic nitrogens is 4. The van der Waals surface area contributed by atoms with Crippen molar-refractivity contribution < 1.29 is 9.53 Å². The molecule has 1 fully saturated rings. The Kier molecular flexibility index (Phi) is 5.50. The minimum atomic E-state index is -0.118. The van der Waals surface area contributed by atoms with Crippen molar-refractivity contribution in [2.24, 2.45) is 14.1 Å². The third kappa shape index (κ3) is 4.08. The molecule has 8 nitrogen and oxygen atoms in total. The number of hydrogen-bond donors (Lipinski definition) is 1. The van der Waals surface area contributed by atoms with Gasteiger partial charge in [0.25, 0.3) is 0 Å². The quantitative estimate of drug-likeness (QED) is 0.813. The molecular weight excluding hydrogens is 320 g/mol. The maximum Gasteiger partial charge on any atom is 0.224 e. The highest BCUT2D eigenvalue weighted by molar-refractivity contribution is 5.78. The maximum absolute atomic E-state index is 12.2. The lowest BCUT2D eigenvalue weighted by Gasteiger charge is -2.40. The van der Waals surface area contributed by atoms with E-state index in [9.17, 15) is 4.79 Å². The zero-order valence-corrected chi connectivity index (χ0v) is 15.1. The summed E-state index contributed by atoms with van der Waals surface area (Å²) in [6.07, 6.45) is 7.52. The lowest BCUT2D eigenvalue weighted by molar-refractivity contribution is -0.122. The number of rotatable bonds is 6. The summed E-state index contributed by atoms with van der Waals surface area (Å²) in [6, 6.07) is 0.0393. The summed E-state index contributed by atoms with van der Waals surface area (Å²) in [5, 5.41) is 7.09. The first-order valence-electron chi connectivity index (χ1n) is 8.65. The molecule has 1 amide bonds. The first-order chi connectivity index (χ1) is 12.1. The minimum absolute atomic E-state index is 0.0242. The second-order valence-electron chi connectivity index (χ2n) is 6.38. The zero-order chi connectivity index (χ0) is 17.8. The first-order valence-corrected chi connectivity index (χ1v) is 8.65. The molecule has 2 aromatic rings. The molecule has 25 heavy (non-hydrogen) atoms. The average Bonchev–Trinajstić information content (AvgIpc) is 3.20. The molecule has 0 spiro atoms. The number of carbonyl (C=O) groups is 1. The predicted octanol–water partition coefficient (Wildman–Crippen LogP) is 0.274. The van der Waals surface area contributed by atoms with Crippen molar-refractivity contribution in [3.63, 3.8) is 0 Å². The Hall–Kier alpha value is -2.19. The summed E-state index contributed by atoms with van der Waals surface area (Å²) < 4.78 is 9.70. The third-order valence-corrected chi connectivity index (χ3v) is 4.61. The van der Waals surface area contributed by atoms with Gasteiger partial charge in [-0.05, 0) is 12.1 Å². The summed E-state index contributed by atoms with van der Waals surface area (Å²) in [6.45, 7) is 5.06. The Morgan fingerprint density at radius 2 is 2.28 bits per heavy atom. The van der Waals surface area contributed by atoms with E-state index in [2.05, 4.69) is 27.2 Å². The van der Waals surface area contributed by atoms with Crippen molar-refractivity contribution in [3.8, 4) is 0 Å². The molecule has 0 aromatic carbocycles. The van der Waals surface area contributed by atoms with Gasteiger partial charge in [-0.3, -0.25) is 14.4 Å². The van der Waals surface area contributed by atoms with E-state index in [1.807, 2.05) is 31.1 Å². The number of nitrogens with zero attached hydrogens (tertiary/aromatic N) is 5. The standard InChI is InChI=1S/C17H26N6O2/c1-4-23-7-8-25-14(16(23)17-18-5-6-21(17)2)11-19-15(24)9-13-10-20-22(3)12-13/h5-6,10,12,14,16H,4,7-9,11H2,1-3H3,(H,19,24)/t14-,16+/m0/s1. The van der Waals surface area contributed by atoms with E-state index in [0.717, 1.165) is 24.5 Å². The highest BCUT2D eigenvalue weighted by Crippen LogP contribution is 2.27. The SMILES string of the molecule is CCN1CCO[C@@H](CNC(=O)Cc2cnn(C)c2)[C@@H]1c1nccn1C. The number of likely N-dealkylation sites (N-methyl/N-ethyl adjacent to an activating group) is 1. The van der Waals surface area contributed by atoms with E-state index in [-0.39, 0.29) is 18.1 Å². The molecule has 8 heteroatoms. The van der Waals surface area contributed by atoms with Crippen molar-refractivity contribution in [2.45, 2.75) is 25.5 Å². The molecule has 0 radical (unpaired) electrons. The van der Waals surface area contributed by atoms with Gasteiger partial charge in [0, 0.05) is 45.8 Å². The van der Waals surface area contributed by atoms with Crippen molar-refractivity contribution in [1.29, 1.82) is 0 Å². The van der Waals surface area contributed by atoms with Crippen LogP contribution >= 0.6 is 0 Å². The fraction of sp³-hybridized carbons (Fsp3) is 0.588. The molecule has 136 valence electrons. The van der Waals surface area contributed by atoms with Crippen LogP contribution in [0.5, 0.6) is 0 Å². The molecule has 1 N–H and O–H groups in total. The average molecular weight is 346 g/mol.